The number of rotatable bonds is 9. The molecule has 0 rings (SSSR count). The lowest BCUT2D eigenvalue weighted by Gasteiger charge is -2.35. The molecule has 1 unspecified atom stereocenters. The third-order valence-corrected chi connectivity index (χ3v) is 3.37. The molecule has 0 bridgehead atoms. The van der Waals surface area contributed by atoms with Crippen LogP contribution in [0.5, 0.6) is 0 Å². The van der Waals surface area contributed by atoms with Crippen LogP contribution in [0.4, 0.5) is 0 Å². The molecule has 92 valence electrons. The number of hydrogen-bond donors (Lipinski definition) is 2. The van der Waals surface area contributed by atoms with Crippen LogP contribution in [0.3, 0.4) is 0 Å². The summed E-state index contributed by atoms with van der Waals surface area (Å²) in [6.07, 6.45) is 7.94. The van der Waals surface area contributed by atoms with Gasteiger partial charge in [0.2, 0.25) is 0 Å². The van der Waals surface area contributed by atoms with Crippen molar-refractivity contribution in [2.45, 2.75) is 71.8 Å². The first kappa shape index (κ1) is 14.9. The van der Waals surface area contributed by atoms with Gasteiger partial charge in [-0.05, 0) is 32.6 Å². The van der Waals surface area contributed by atoms with Gasteiger partial charge in [-0.2, -0.15) is 0 Å². The first-order chi connectivity index (χ1) is 7.08. The maximum absolute atomic E-state index is 5.59. The summed E-state index contributed by atoms with van der Waals surface area (Å²) in [5.41, 5.74) is 5.79. The molecule has 1 atom stereocenters. The van der Waals surface area contributed by atoms with Crippen LogP contribution in [0.2, 0.25) is 0 Å². The van der Waals surface area contributed by atoms with Crippen molar-refractivity contribution >= 4 is 0 Å². The van der Waals surface area contributed by atoms with Gasteiger partial charge >= 0.3 is 0 Å². The smallest absolute Gasteiger partial charge is 0.0433 e. The first-order valence-electron chi connectivity index (χ1n) is 6.53. The van der Waals surface area contributed by atoms with E-state index in [-0.39, 0.29) is 5.54 Å². The Kier molecular flexibility index (Phi) is 8.07. The molecule has 0 spiro atoms. The molecule has 0 radical (unpaired) electrons. The van der Waals surface area contributed by atoms with Gasteiger partial charge in [0.15, 0.2) is 0 Å². The molecule has 2 heteroatoms. The largest absolute Gasteiger partial charge is 0.318 e. The summed E-state index contributed by atoms with van der Waals surface area (Å²) in [6, 6.07) is 0. The molecule has 0 aromatic rings. The van der Waals surface area contributed by atoms with Gasteiger partial charge in [0.1, 0.15) is 0 Å². The van der Waals surface area contributed by atoms with Crippen molar-refractivity contribution in [3.63, 3.8) is 0 Å². The number of hydrogen-bond acceptors (Lipinski definition) is 2. The van der Waals surface area contributed by atoms with Crippen molar-refractivity contribution in [2.75, 3.05) is 6.67 Å². The van der Waals surface area contributed by atoms with E-state index in [1.807, 2.05) is 0 Å². The SMILES string of the molecule is CCCCCC(CCC)C(C)(C)NCN. The van der Waals surface area contributed by atoms with Gasteiger partial charge in [-0.1, -0.05) is 39.5 Å². The zero-order valence-corrected chi connectivity index (χ0v) is 11.1. The van der Waals surface area contributed by atoms with E-state index in [9.17, 15) is 0 Å². The predicted octanol–water partition coefficient (Wildman–Crippen LogP) is 3.27. The number of nitrogens with two attached hydrogens (primary N) is 1. The maximum Gasteiger partial charge on any atom is 0.0433 e. The van der Waals surface area contributed by atoms with E-state index in [2.05, 4.69) is 33.0 Å². The molecular weight excluding hydrogens is 184 g/mol. The Morgan fingerprint density at radius 2 is 1.73 bits per heavy atom. The van der Waals surface area contributed by atoms with Crippen molar-refractivity contribution in [3.8, 4) is 0 Å². The third-order valence-electron chi connectivity index (χ3n) is 3.37. The van der Waals surface area contributed by atoms with Crippen LogP contribution in [0.15, 0.2) is 0 Å². The summed E-state index contributed by atoms with van der Waals surface area (Å²) in [7, 11) is 0. The fourth-order valence-corrected chi connectivity index (χ4v) is 2.26. The average Bonchev–Trinajstić information content (AvgIpc) is 2.16. The molecule has 0 aliphatic carbocycles. The molecule has 2 nitrogen and oxygen atoms in total. The predicted molar refractivity (Wildman–Crippen MR) is 68.8 cm³/mol. The number of nitrogens with one attached hydrogen (secondary N) is 1. The zero-order chi connectivity index (χ0) is 11.7. The highest BCUT2D eigenvalue weighted by Gasteiger charge is 2.26. The van der Waals surface area contributed by atoms with E-state index in [1.54, 1.807) is 0 Å². The highest BCUT2D eigenvalue weighted by atomic mass is 15.0. The molecule has 0 amide bonds. The van der Waals surface area contributed by atoms with Crippen LogP contribution in [-0.4, -0.2) is 12.2 Å². The van der Waals surface area contributed by atoms with Crippen molar-refractivity contribution in [1.29, 1.82) is 0 Å². The monoisotopic (exact) mass is 214 g/mol. The molecule has 3 N–H and O–H groups in total. The van der Waals surface area contributed by atoms with E-state index in [1.165, 1.54) is 38.5 Å². The molecule has 0 heterocycles. The van der Waals surface area contributed by atoms with Crippen LogP contribution < -0.4 is 11.1 Å². The molecule has 0 aromatic carbocycles. The van der Waals surface area contributed by atoms with Gasteiger partial charge in [-0.15, -0.1) is 0 Å². The summed E-state index contributed by atoms with van der Waals surface area (Å²) in [4.78, 5) is 0. The Hall–Kier alpha value is -0.0800. The highest BCUT2D eigenvalue weighted by Crippen LogP contribution is 2.27. The van der Waals surface area contributed by atoms with E-state index in [4.69, 9.17) is 5.73 Å². The van der Waals surface area contributed by atoms with Crippen LogP contribution >= 0.6 is 0 Å². The fraction of sp³-hybridized carbons (Fsp3) is 1.00. The summed E-state index contributed by atoms with van der Waals surface area (Å²) in [6.45, 7) is 9.68. The Morgan fingerprint density at radius 1 is 1.07 bits per heavy atom. The molecule has 0 aromatic heterocycles. The van der Waals surface area contributed by atoms with E-state index < -0.39 is 0 Å². The third kappa shape index (κ3) is 6.16. The van der Waals surface area contributed by atoms with E-state index in [0.29, 0.717) is 6.67 Å². The minimum absolute atomic E-state index is 0.193. The minimum atomic E-state index is 0.193. The van der Waals surface area contributed by atoms with Crippen LogP contribution in [0, 0.1) is 5.92 Å². The van der Waals surface area contributed by atoms with Crippen LogP contribution in [0.1, 0.15) is 66.2 Å². The molecule has 0 saturated heterocycles. The summed E-state index contributed by atoms with van der Waals surface area (Å²) in [5, 5.41) is 3.41. The number of unbranched alkanes of at least 4 members (excludes halogenated alkanes) is 2. The molecule has 0 fully saturated rings. The Labute approximate surface area is 96.0 Å². The highest BCUT2D eigenvalue weighted by molar-refractivity contribution is 4.85. The van der Waals surface area contributed by atoms with Gasteiger partial charge in [0.05, 0.1) is 0 Å². The maximum atomic E-state index is 5.59. The molecule has 0 aliphatic rings. The molecule has 15 heavy (non-hydrogen) atoms. The second-order valence-corrected chi connectivity index (χ2v) is 5.08. The second-order valence-electron chi connectivity index (χ2n) is 5.08. The summed E-state index contributed by atoms with van der Waals surface area (Å²) < 4.78 is 0. The Bertz CT molecular complexity index is 143. The van der Waals surface area contributed by atoms with Gasteiger partial charge in [-0.3, -0.25) is 5.32 Å². The second kappa shape index (κ2) is 8.12. The quantitative estimate of drug-likeness (QED) is 0.457. The van der Waals surface area contributed by atoms with Gasteiger partial charge < -0.3 is 5.73 Å². The standard InChI is InChI=1S/C13H30N2/c1-5-7-8-10-12(9-6-2)13(3,4)15-11-14/h12,15H,5-11,14H2,1-4H3. The average molecular weight is 214 g/mol. The summed E-state index contributed by atoms with van der Waals surface area (Å²) >= 11 is 0. The van der Waals surface area contributed by atoms with Crippen molar-refractivity contribution in [3.05, 3.63) is 0 Å². The van der Waals surface area contributed by atoms with E-state index in [0.717, 1.165) is 5.92 Å². The molecular formula is C13H30N2. The normalized spacial score (nSPS) is 14.2. The van der Waals surface area contributed by atoms with Crippen molar-refractivity contribution in [1.82, 2.24) is 5.32 Å². The minimum Gasteiger partial charge on any atom is -0.318 e. The Morgan fingerprint density at radius 3 is 2.20 bits per heavy atom. The lowest BCUT2D eigenvalue weighted by atomic mass is 9.80. The van der Waals surface area contributed by atoms with Crippen molar-refractivity contribution < 1.29 is 0 Å². The van der Waals surface area contributed by atoms with Gasteiger partial charge in [0, 0.05) is 12.2 Å². The summed E-state index contributed by atoms with van der Waals surface area (Å²) in [5.74, 6) is 0.762. The van der Waals surface area contributed by atoms with Gasteiger partial charge in [0.25, 0.3) is 0 Å². The topological polar surface area (TPSA) is 38.0 Å². The zero-order valence-electron chi connectivity index (χ0n) is 11.1. The fourth-order valence-electron chi connectivity index (χ4n) is 2.26. The van der Waals surface area contributed by atoms with Gasteiger partial charge in [-0.25, -0.2) is 0 Å². The Balaban J connectivity index is 4.10. The van der Waals surface area contributed by atoms with Crippen LogP contribution in [0.25, 0.3) is 0 Å². The molecule has 0 aliphatic heterocycles. The molecule has 0 saturated carbocycles. The van der Waals surface area contributed by atoms with Crippen molar-refractivity contribution in [2.24, 2.45) is 11.7 Å². The lowest BCUT2D eigenvalue weighted by Crippen LogP contribution is -2.48. The van der Waals surface area contributed by atoms with E-state index >= 15 is 0 Å². The lowest BCUT2D eigenvalue weighted by molar-refractivity contribution is 0.221. The first-order valence-corrected chi connectivity index (χ1v) is 6.53. The van der Waals surface area contributed by atoms with Crippen LogP contribution in [-0.2, 0) is 0 Å².